The Morgan fingerprint density at radius 3 is 2.78 bits per heavy atom. The number of aromatic nitrogens is 2. The van der Waals surface area contributed by atoms with Crippen molar-refractivity contribution in [2.45, 2.75) is 20.4 Å². The van der Waals surface area contributed by atoms with Gasteiger partial charge in [-0.1, -0.05) is 11.6 Å². The van der Waals surface area contributed by atoms with Crippen molar-refractivity contribution in [3.63, 3.8) is 0 Å². The van der Waals surface area contributed by atoms with Crippen LogP contribution in [0, 0.1) is 13.8 Å². The van der Waals surface area contributed by atoms with Crippen LogP contribution in [0.15, 0.2) is 12.4 Å². The number of anilines is 1. The number of hydrogen-bond donors (Lipinski definition) is 1. The summed E-state index contributed by atoms with van der Waals surface area (Å²) in [4.78, 5) is 10.6. The summed E-state index contributed by atoms with van der Waals surface area (Å²) < 4.78 is 5.18. The molecule has 4 nitrogen and oxygen atoms in total. The van der Waals surface area contributed by atoms with Crippen molar-refractivity contribution in [2.24, 2.45) is 0 Å². The number of rotatable bonds is 4. The lowest BCUT2D eigenvalue weighted by molar-refractivity contribution is 0.413. The van der Waals surface area contributed by atoms with Crippen LogP contribution in [0.3, 0.4) is 0 Å². The molecule has 0 aliphatic heterocycles. The first-order valence-corrected chi connectivity index (χ1v) is 6.65. The fourth-order valence-electron chi connectivity index (χ4n) is 1.57. The molecule has 2 heterocycles. The Bertz CT molecular complexity index is 537. The minimum Gasteiger partial charge on any atom is -0.490 e. The molecule has 0 aliphatic rings. The third-order valence-electron chi connectivity index (χ3n) is 2.61. The molecule has 0 spiro atoms. The lowest BCUT2D eigenvalue weighted by Gasteiger charge is -2.09. The van der Waals surface area contributed by atoms with Crippen LogP contribution in [-0.2, 0) is 6.54 Å². The molecule has 2 rings (SSSR count). The summed E-state index contributed by atoms with van der Waals surface area (Å²) >= 11 is 7.70. The first-order valence-electron chi connectivity index (χ1n) is 5.46. The first-order chi connectivity index (χ1) is 8.61. The van der Waals surface area contributed by atoms with Gasteiger partial charge in [-0.05, 0) is 25.5 Å². The highest BCUT2D eigenvalue weighted by Crippen LogP contribution is 2.29. The van der Waals surface area contributed by atoms with E-state index in [0.29, 0.717) is 23.3 Å². The number of halogens is 1. The van der Waals surface area contributed by atoms with Gasteiger partial charge < -0.3 is 10.1 Å². The zero-order valence-corrected chi connectivity index (χ0v) is 12.0. The highest BCUT2D eigenvalue weighted by Gasteiger charge is 2.10. The van der Waals surface area contributed by atoms with Gasteiger partial charge in [-0.15, -0.1) is 11.3 Å². The van der Waals surface area contributed by atoms with Crippen molar-refractivity contribution >= 4 is 28.8 Å². The Balaban J connectivity index is 2.13. The predicted molar refractivity (Wildman–Crippen MR) is 74.7 cm³/mol. The van der Waals surface area contributed by atoms with Gasteiger partial charge in [-0.25, -0.2) is 9.97 Å². The molecule has 1 N–H and O–H groups in total. The van der Waals surface area contributed by atoms with Crippen LogP contribution in [0.5, 0.6) is 5.75 Å². The summed E-state index contributed by atoms with van der Waals surface area (Å²) in [6, 6.07) is 2.17. The van der Waals surface area contributed by atoms with Crippen LogP contribution in [0.25, 0.3) is 0 Å². The molecule has 0 amide bonds. The molecule has 6 heteroatoms. The Morgan fingerprint density at radius 2 is 2.17 bits per heavy atom. The zero-order valence-electron chi connectivity index (χ0n) is 10.5. The van der Waals surface area contributed by atoms with Gasteiger partial charge in [0.15, 0.2) is 16.7 Å². The number of aryl methyl sites for hydroxylation is 2. The third kappa shape index (κ3) is 2.73. The summed E-state index contributed by atoms with van der Waals surface area (Å²) in [6.45, 7) is 4.92. The average molecular weight is 284 g/mol. The van der Waals surface area contributed by atoms with E-state index in [1.54, 1.807) is 18.4 Å². The van der Waals surface area contributed by atoms with E-state index in [-0.39, 0.29) is 0 Å². The van der Waals surface area contributed by atoms with Gasteiger partial charge in [0.2, 0.25) is 0 Å². The Hall–Kier alpha value is -1.33. The maximum absolute atomic E-state index is 5.93. The summed E-state index contributed by atoms with van der Waals surface area (Å²) in [5.74, 6) is 1.09. The molecule has 18 heavy (non-hydrogen) atoms. The highest BCUT2D eigenvalue weighted by molar-refractivity contribution is 7.12. The minimum atomic E-state index is 0.313. The molecule has 0 aromatic carbocycles. The van der Waals surface area contributed by atoms with Gasteiger partial charge >= 0.3 is 0 Å². The van der Waals surface area contributed by atoms with Crippen LogP contribution in [0.4, 0.5) is 5.82 Å². The monoisotopic (exact) mass is 283 g/mol. The topological polar surface area (TPSA) is 47.0 Å². The number of methoxy groups -OCH3 is 1. The minimum absolute atomic E-state index is 0.313. The predicted octanol–water partition coefficient (Wildman–Crippen LogP) is 3.43. The first kappa shape index (κ1) is 13.1. The molecule has 0 bridgehead atoms. The number of nitrogens with one attached hydrogen (secondary N) is 1. The lowest BCUT2D eigenvalue weighted by atomic mass is 10.3. The molecule has 0 fully saturated rings. The van der Waals surface area contributed by atoms with Crippen LogP contribution < -0.4 is 10.1 Å². The summed E-state index contributed by atoms with van der Waals surface area (Å²) in [7, 11) is 1.55. The van der Waals surface area contributed by atoms with E-state index in [0.717, 1.165) is 0 Å². The van der Waals surface area contributed by atoms with Crippen molar-refractivity contribution < 1.29 is 4.74 Å². The molecule has 2 aromatic rings. The normalized spacial score (nSPS) is 10.4. The molecular weight excluding hydrogens is 270 g/mol. The van der Waals surface area contributed by atoms with Crippen molar-refractivity contribution in [3.05, 3.63) is 32.9 Å². The van der Waals surface area contributed by atoms with Crippen LogP contribution in [0.1, 0.15) is 15.3 Å². The van der Waals surface area contributed by atoms with E-state index in [2.05, 4.69) is 35.2 Å². The second kappa shape index (κ2) is 5.54. The Labute approximate surface area is 115 Å². The molecule has 0 saturated heterocycles. The van der Waals surface area contributed by atoms with E-state index in [1.807, 2.05) is 0 Å². The number of nitrogens with zero attached hydrogens (tertiary/aromatic N) is 2. The molecule has 2 aromatic heterocycles. The zero-order chi connectivity index (χ0) is 13.1. The van der Waals surface area contributed by atoms with Gasteiger partial charge in [0, 0.05) is 9.75 Å². The van der Waals surface area contributed by atoms with E-state index >= 15 is 0 Å². The fourth-order valence-corrected chi connectivity index (χ4v) is 2.77. The van der Waals surface area contributed by atoms with Crippen molar-refractivity contribution in [3.8, 4) is 5.75 Å². The standard InChI is InChI=1S/C12H14ClN3OS/c1-7-4-9(18-8(7)2)5-14-12-10(17-3)11(13)15-6-16-12/h4,6H,5H2,1-3H3,(H,14,15,16). The van der Waals surface area contributed by atoms with Gasteiger partial charge in [0.05, 0.1) is 13.7 Å². The van der Waals surface area contributed by atoms with E-state index in [1.165, 1.54) is 21.6 Å². The van der Waals surface area contributed by atoms with E-state index in [4.69, 9.17) is 16.3 Å². The second-order valence-electron chi connectivity index (χ2n) is 3.85. The van der Waals surface area contributed by atoms with Gasteiger partial charge in [0.1, 0.15) is 6.33 Å². The Kier molecular flexibility index (Phi) is 4.04. The average Bonchev–Trinajstić information content (AvgIpc) is 2.66. The van der Waals surface area contributed by atoms with Crippen LogP contribution in [0.2, 0.25) is 5.15 Å². The fraction of sp³-hybridized carbons (Fsp3) is 0.333. The van der Waals surface area contributed by atoms with Crippen molar-refractivity contribution in [2.75, 3.05) is 12.4 Å². The van der Waals surface area contributed by atoms with Gasteiger partial charge in [-0.2, -0.15) is 0 Å². The lowest BCUT2D eigenvalue weighted by Crippen LogP contribution is -2.03. The van der Waals surface area contributed by atoms with Crippen LogP contribution in [-0.4, -0.2) is 17.1 Å². The van der Waals surface area contributed by atoms with Crippen molar-refractivity contribution in [1.82, 2.24) is 9.97 Å². The maximum Gasteiger partial charge on any atom is 0.198 e. The van der Waals surface area contributed by atoms with E-state index in [9.17, 15) is 0 Å². The third-order valence-corrected chi connectivity index (χ3v) is 4.03. The number of hydrogen-bond acceptors (Lipinski definition) is 5. The van der Waals surface area contributed by atoms with Crippen molar-refractivity contribution in [1.29, 1.82) is 0 Å². The molecule has 0 atom stereocenters. The molecule has 0 unspecified atom stereocenters. The van der Waals surface area contributed by atoms with Crippen LogP contribution >= 0.6 is 22.9 Å². The number of ether oxygens (including phenoxy) is 1. The molecule has 0 saturated carbocycles. The molecule has 0 aliphatic carbocycles. The highest BCUT2D eigenvalue weighted by atomic mass is 35.5. The number of thiophene rings is 1. The largest absolute Gasteiger partial charge is 0.490 e. The Morgan fingerprint density at radius 1 is 1.39 bits per heavy atom. The summed E-state index contributed by atoms with van der Waals surface area (Å²) in [5.41, 5.74) is 1.31. The van der Waals surface area contributed by atoms with Gasteiger partial charge in [0.25, 0.3) is 0 Å². The maximum atomic E-state index is 5.93. The SMILES string of the molecule is COc1c(Cl)ncnc1NCc1cc(C)c(C)s1. The summed E-state index contributed by atoms with van der Waals surface area (Å²) in [5, 5.41) is 3.53. The molecule has 96 valence electrons. The van der Waals surface area contributed by atoms with Gasteiger partial charge in [-0.3, -0.25) is 0 Å². The molecule has 0 radical (unpaired) electrons. The smallest absolute Gasteiger partial charge is 0.198 e. The summed E-state index contributed by atoms with van der Waals surface area (Å²) in [6.07, 6.45) is 1.41. The molecular formula is C12H14ClN3OS. The van der Waals surface area contributed by atoms with E-state index < -0.39 is 0 Å². The quantitative estimate of drug-likeness (QED) is 0.874. The second-order valence-corrected chi connectivity index (χ2v) is 5.55.